The van der Waals surface area contributed by atoms with Gasteiger partial charge < -0.3 is 4.74 Å². The van der Waals surface area contributed by atoms with Gasteiger partial charge in [-0.3, -0.25) is 5.43 Å². The van der Waals surface area contributed by atoms with Crippen LogP contribution in [-0.4, -0.2) is 42.3 Å². The van der Waals surface area contributed by atoms with Crippen LogP contribution in [0.15, 0.2) is 36.0 Å². The number of amides is 1. The Hall–Kier alpha value is -1.92. The first-order valence-corrected chi connectivity index (χ1v) is 6.85. The van der Waals surface area contributed by atoms with Gasteiger partial charge in [0, 0.05) is 12.6 Å². The Morgan fingerprint density at radius 2 is 2.33 bits per heavy atom. The highest BCUT2D eigenvalue weighted by Crippen LogP contribution is 2.24. The molecule has 8 heteroatoms. The van der Waals surface area contributed by atoms with E-state index in [-0.39, 0.29) is 6.61 Å². The van der Waals surface area contributed by atoms with Crippen molar-refractivity contribution in [2.24, 2.45) is 5.10 Å². The SMILES string of the molecule is C=CCOC(=O)N(C)N1CNN=C1c1ccc(Cl)c(Cl)c1. The quantitative estimate of drug-likeness (QED) is 0.863. The van der Waals surface area contributed by atoms with Crippen LogP contribution in [0.4, 0.5) is 4.79 Å². The normalized spacial score (nSPS) is 13.5. The molecule has 0 fully saturated rings. The van der Waals surface area contributed by atoms with Crippen molar-refractivity contribution in [3.05, 3.63) is 46.5 Å². The molecule has 21 heavy (non-hydrogen) atoms. The third-order valence-corrected chi connectivity index (χ3v) is 3.52. The molecule has 0 radical (unpaired) electrons. The van der Waals surface area contributed by atoms with Gasteiger partial charge in [-0.2, -0.15) is 5.10 Å². The van der Waals surface area contributed by atoms with E-state index in [0.717, 1.165) is 5.56 Å². The number of hydrazine groups is 1. The summed E-state index contributed by atoms with van der Waals surface area (Å²) >= 11 is 11.9. The lowest BCUT2D eigenvalue weighted by atomic mass is 10.2. The molecule has 0 aromatic heterocycles. The fourth-order valence-electron chi connectivity index (χ4n) is 1.73. The van der Waals surface area contributed by atoms with Crippen molar-refractivity contribution >= 4 is 35.1 Å². The predicted octanol–water partition coefficient (Wildman–Crippen LogP) is 2.69. The zero-order valence-corrected chi connectivity index (χ0v) is 12.9. The van der Waals surface area contributed by atoms with E-state index < -0.39 is 6.09 Å². The average molecular weight is 329 g/mol. The minimum absolute atomic E-state index is 0.143. The number of carbonyl (C=O) groups is 1. The number of carbonyl (C=O) groups excluding carboxylic acids is 1. The Morgan fingerprint density at radius 3 is 3.00 bits per heavy atom. The molecule has 112 valence electrons. The number of hydrogen-bond donors (Lipinski definition) is 1. The lowest BCUT2D eigenvalue weighted by Crippen LogP contribution is -2.47. The van der Waals surface area contributed by atoms with E-state index in [1.54, 1.807) is 30.3 Å². The van der Waals surface area contributed by atoms with Crippen molar-refractivity contribution < 1.29 is 9.53 Å². The molecule has 1 aliphatic rings. The summed E-state index contributed by atoms with van der Waals surface area (Å²) in [6.07, 6.45) is 0.994. The van der Waals surface area contributed by atoms with Gasteiger partial charge in [-0.15, -0.1) is 0 Å². The summed E-state index contributed by atoms with van der Waals surface area (Å²) in [5, 5.41) is 7.99. The monoisotopic (exact) mass is 328 g/mol. The third-order valence-electron chi connectivity index (χ3n) is 2.78. The maximum absolute atomic E-state index is 11.9. The van der Waals surface area contributed by atoms with Crippen LogP contribution in [0, 0.1) is 0 Å². The zero-order chi connectivity index (χ0) is 15.4. The van der Waals surface area contributed by atoms with E-state index in [1.807, 2.05) is 0 Å². The summed E-state index contributed by atoms with van der Waals surface area (Å²) in [4.78, 5) is 11.9. The fraction of sp³-hybridized carbons (Fsp3) is 0.231. The molecular weight excluding hydrogens is 315 g/mol. The lowest BCUT2D eigenvalue weighted by Gasteiger charge is -2.28. The molecule has 0 bridgehead atoms. The van der Waals surface area contributed by atoms with Crippen LogP contribution in [-0.2, 0) is 4.74 Å². The number of benzene rings is 1. The molecule has 0 saturated carbocycles. The smallest absolute Gasteiger partial charge is 0.428 e. The molecule has 1 heterocycles. The predicted molar refractivity (Wildman–Crippen MR) is 82.1 cm³/mol. The van der Waals surface area contributed by atoms with Gasteiger partial charge in [0.1, 0.15) is 13.3 Å². The molecule has 0 saturated heterocycles. The molecule has 0 unspecified atom stereocenters. The van der Waals surface area contributed by atoms with Gasteiger partial charge in [0.2, 0.25) is 0 Å². The maximum Gasteiger partial charge on any atom is 0.428 e. The molecule has 6 nitrogen and oxygen atoms in total. The van der Waals surface area contributed by atoms with Gasteiger partial charge in [-0.05, 0) is 18.2 Å². The van der Waals surface area contributed by atoms with Gasteiger partial charge in [0.15, 0.2) is 5.84 Å². The summed E-state index contributed by atoms with van der Waals surface area (Å²) in [5.41, 5.74) is 3.55. The third kappa shape index (κ3) is 3.40. The number of hydrazone groups is 1. The van der Waals surface area contributed by atoms with Crippen molar-refractivity contribution in [1.82, 2.24) is 15.4 Å². The second kappa shape index (κ2) is 6.69. The van der Waals surface area contributed by atoms with Crippen molar-refractivity contribution in [2.45, 2.75) is 0 Å². The number of halogens is 2. The van der Waals surface area contributed by atoms with E-state index in [0.29, 0.717) is 22.5 Å². The maximum atomic E-state index is 11.9. The average Bonchev–Trinajstić information content (AvgIpc) is 2.96. The van der Waals surface area contributed by atoms with Crippen molar-refractivity contribution in [2.75, 3.05) is 20.3 Å². The summed E-state index contributed by atoms with van der Waals surface area (Å²) in [5.74, 6) is 0.548. The van der Waals surface area contributed by atoms with Crippen LogP contribution in [0.25, 0.3) is 0 Å². The van der Waals surface area contributed by atoms with E-state index in [1.165, 1.54) is 11.1 Å². The van der Waals surface area contributed by atoms with E-state index in [9.17, 15) is 4.79 Å². The fourth-order valence-corrected chi connectivity index (χ4v) is 2.03. The van der Waals surface area contributed by atoms with Gasteiger partial charge >= 0.3 is 6.09 Å². The number of ether oxygens (including phenoxy) is 1. The molecule has 1 aromatic carbocycles. The molecule has 1 aliphatic heterocycles. The van der Waals surface area contributed by atoms with E-state index >= 15 is 0 Å². The van der Waals surface area contributed by atoms with Gasteiger partial charge in [-0.25, -0.2) is 14.8 Å². The summed E-state index contributed by atoms with van der Waals surface area (Å²) in [7, 11) is 1.59. The Bertz CT molecular complexity index is 592. The zero-order valence-electron chi connectivity index (χ0n) is 11.3. The number of amidine groups is 1. The summed E-state index contributed by atoms with van der Waals surface area (Å²) in [6.45, 7) is 3.98. The minimum Gasteiger partial charge on any atom is -0.444 e. The van der Waals surface area contributed by atoms with E-state index in [2.05, 4.69) is 17.1 Å². The number of rotatable bonds is 4. The molecule has 1 aromatic rings. The Labute approximate surface area is 132 Å². The van der Waals surface area contributed by atoms with Crippen LogP contribution in [0.2, 0.25) is 10.0 Å². The number of hydrogen-bond acceptors (Lipinski definition) is 5. The highest BCUT2D eigenvalue weighted by molar-refractivity contribution is 6.42. The second-order valence-corrected chi connectivity index (χ2v) is 4.98. The van der Waals surface area contributed by atoms with E-state index in [4.69, 9.17) is 27.9 Å². The first-order valence-electron chi connectivity index (χ1n) is 6.09. The first-order chi connectivity index (χ1) is 10.0. The van der Waals surface area contributed by atoms with Crippen LogP contribution in [0.5, 0.6) is 0 Å². The second-order valence-electron chi connectivity index (χ2n) is 4.17. The van der Waals surface area contributed by atoms with Gasteiger partial charge in [-0.1, -0.05) is 35.9 Å². The van der Waals surface area contributed by atoms with Crippen LogP contribution < -0.4 is 5.43 Å². The standard InChI is InChI=1S/C13H14Cl2N4O2/c1-3-6-21-13(20)18(2)19-8-16-17-12(19)9-4-5-10(14)11(15)7-9/h3-5,7,16H,1,6,8H2,2H3. The molecule has 0 atom stereocenters. The molecular formula is C13H14Cl2N4O2. The van der Waals surface area contributed by atoms with Crippen molar-refractivity contribution in [3.63, 3.8) is 0 Å². The number of nitrogens with zero attached hydrogens (tertiary/aromatic N) is 3. The molecule has 1 N–H and O–H groups in total. The van der Waals surface area contributed by atoms with Crippen molar-refractivity contribution in [1.29, 1.82) is 0 Å². The van der Waals surface area contributed by atoms with Crippen LogP contribution in [0.3, 0.4) is 0 Å². The molecule has 0 aliphatic carbocycles. The van der Waals surface area contributed by atoms with Crippen LogP contribution >= 0.6 is 23.2 Å². The van der Waals surface area contributed by atoms with Crippen molar-refractivity contribution in [3.8, 4) is 0 Å². The Kier molecular flexibility index (Phi) is 4.93. The van der Waals surface area contributed by atoms with Crippen LogP contribution in [0.1, 0.15) is 5.56 Å². The number of nitrogens with one attached hydrogen (secondary N) is 1. The molecule has 2 rings (SSSR count). The summed E-state index contributed by atoms with van der Waals surface area (Å²) in [6, 6.07) is 5.13. The highest BCUT2D eigenvalue weighted by atomic mass is 35.5. The Morgan fingerprint density at radius 1 is 1.57 bits per heavy atom. The topological polar surface area (TPSA) is 57.2 Å². The minimum atomic E-state index is -0.508. The summed E-state index contributed by atoms with van der Waals surface area (Å²) < 4.78 is 4.99. The first kappa shape index (κ1) is 15.5. The Balaban J connectivity index is 2.17. The lowest BCUT2D eigenvalue weighted by molar-refractivity contribution is 0.0494. The van der Waals surface area contributed by atoms with Gasteiger partial charge in [0.05, 0.1) is 10.0 Å². The molecule has 0 spiro atoms. The molecule has 1 amide bonds. The largest absolute Gasteiger partial charge is 0.444 e. The van der Waals surface area contributed by atoms with Gasteiger partial charge in [0.25, 0.3) is 0 Å². The highest BCUT2D eigenvalue weighted by Gasteiger charge is 2.27.